The number of halogens is 1. The molecule has 2 aromatic rings. The molecule has 0 spiro atoms. The molecule has 0 unspecified atom stereocenters. The molecular weight excluding hydrogens is 445 g/mol. The van der Waals surface area contributed by atoms with Gasteiger partial charge in [0.15, 0.2) is 5.96 Å². The number of nitrogens with zero attached hydrogens (tertiary/aromatic N) is 1. The van der Waals surface area contributed by atoms with Crippen molar-refractivity contribution in [2.75, 3.05) is 33.4 Å². The minimum atomic E-state index is 0. The van der Waals surface area contributed by atoms with Gasteiger partial charge < -0.3 is 24.5 Å². The zero-order chi connectivity index (χ0) is 17.6. The third-order valence-corrected chi connectivity index (χ3v) is 3.43. The number of benzene rings is 1. The van der Waals surface area contributed by atoms with Crippen molar-refractivity contribution in [3.63, 3.8) is 0 Å². The Labute approximate surface area is 172 Å². The molecule has 26 heavy (non-hydrogen) atoms. The van der Waals surface area contributed by atoms with E-state index in [2.05, 4.69) is 15.6 Å². The highest BCUT2D eigenvalue weighted by atomic mass is 127. The molecule has 1 heterocycles. The second-order valence-electron chi connectivity index (χ2n) is 5.43. The Balaban J connectivity index is 0.00000338. The van der Waals surface area contributed by atoms with Crippen molar-refractivity contribution in [3.8, 4) is 5.75 Å². The van der Waals surface area contributed by atoms with E-state index < -0.39 is 0 Å². The highest BCUT2D eigenvalue weighted by molar-refractivity contribution is 14.0. The molecule has 7 heteroatoms. The summed E-state index contributed by atoms with van der Waals surface area (Å²) in [5, 5.41) is 6.54. The van der Waals surface area contributed by atoms with E-state index >= 15 is 0 Å². The van der Waals surface area contributed by atoms with Crippen LogP contribution in [0.5, 0.6) is 5.75 Å². The molecule has 0 saturated carbocycles. The van der Waals surface area contributed by atoms with E-state index in [4.69, 9.17) is 13.9 Å². The number of guanidine groups is 1. The minimum absolute atomic E-state index is 0. The summed E-state index contributed by atoms with van der Waals surface area (Å²) in [6.07, 6.45) is 3.46. The fourth-order valence-corrected chi connectivity index (χ4v) is 2.15. The topological polar surface area (TPSA) is 68.0 Å². The summed E-state index contributed by atoms with van der Waals surface area (Å²) in [6.45, 7) is 3.48. The molecule has 0 amide bonds. The van der Waals surface area contributed by atoms with Gasteiger partial charge in [0.25, 0.3) is 0 Å². The molecular formula is C19H28IN3O3. The maximum atomic E-state index is 5.65. The van der Waals surface area contributed by atoms with E-state index in [1.807, 2.05) is 42.5 Å². The quantitative estimate of drug-likeness (QED) is 0.227. The first kappa shape index (κ1) is 22.3. The monoisotopic (exact) mass is 473 g/mol. The Morgan fingerprint density at radius 1 is 1.00 bits per heavy atom. The van der Waals surface area contributed by atoms with Crippen molar-refractivity contribution in [1.82, 2.24) is 10.6 Å². The summed E-state index contributed by atoms with van der Waals surface area (Å²) < 4.78 is 16.4. The van der Waals surface area contributed by atoms with Crippen molar-refractivity contribution in [3.05, 3.63) is 54.5 Å². The van der Waals surface area contributed by atoms with Crippen molar-refractivity contribution >= 4 is 29.9 Å². The Hall–Kier alpha value is -1.74. The predicted molar refractivity (Wildman–Crippen MR) is 114 cm³/mol. The highest BCUT2D eigenvalue weighted by Crippen LogP contribution is 2.08. The predicted octanol–water partition coefficient (Wildman–Crippen LogP) is 3.44. The molecule has 2 rings (SSSR count). The lowest BCUT2D eigenvalue weighted by Crippen LogP contribution is -2.38. The van der Waals surface area contributed by atoms with Crippen LogP contribution in [0.3, 0.4) is 0 Å². The molecule has 0 atom stereocenters. The maximum Gasteiger partial charge on any atom is 0.190 e. The second-order valence-corrected chi connectivity index (χ2v) is 5.43. The largest absolute Gasteiger partial charge is 0.494 e. The zero-order valence-corrected chi connectivity index (χ0v) is 17.5. The number of nitrogens with one attached hydrogen (secondary N) is 2. The molecule has 0 aliphatic rings. The van der Waals surface area contributed by atoms with Crippen LogP contribution in [0.1, 0.15) is 18.6 Å². The SMILES string of the molecule is CN=C(NCCCOCc1ccco1)NCCCOc1ccccc1.I. The van der Waals surface area contributed by atoms with Crippen molar-refractivity contribution in [2.45, 2.75) is 19.4 Å². The number of rotatable bonds is 11. The van der Waals surface area contributed by atoms with E-state index in [0.29, 0.717) is 19.8 Å². The first-order valence-corrected chi connectivity index (χ1v) is 8.61. The van der Waals surface area contributed by atoms with Crippen LogP contribution in [0, 0.1) is 0 Å². The Bertz CT molecular complexity index is 591. The summed E-state index contributed by atoms with van der Waals surface area (Å²) >= 11 is 0. The molecule has 2 N–H and O–H groups in total. The first-order valence-electron chi connectivity index (χ1n) is 8.61. The minimum Gasteiger partial charge on any atom is -0.494 e. The molecule has 0 saturated heterocycles. The summed E-state index contributed by atoms with van der Waals surface area (Å²) in [5.74, 6) is 2.55. The number of hydrogen-bond donors (Lipinski definition) is 2. The maximum absolute atomic E-state index is 5.65. The van der Waals surface area contributed by atoms with Gasteiger partial charge in [0.05, 0.1) is 12.9 Å². The molecule has 6 nitrogen and oxygen atoms in total. The Morgan fingerprint density at radius 2 is 1.73 bits per heavy atom. The van der Waals surface area contributed by atoms with Crippen LogP contribution < -0.4 is 15.4 Å². The lowest BCUT2D eigenvalue weighted by molar-refractivity contribution is 0.105. The number of furan rings is 1. The highest BCUT2D eigenvalue weighted by Gasteiger charge is 1.98. The van der Waals surface area contributed by atoms with Crippen LogP contribution in [0.25, 0.3) is 0 Å². The van der Waals surface area contributed by atoms with Gasteiger partial charge >= 0.3 is 0 Å². The summed E-state index contributed by atoms with van der Waals surface area (Å²) in [7, 11) is 1.77. The molecule has 0 aliphatic heterocycles. The standard InChI is InChI=1S/C19H27N3O3.HI/c1-20-19(21-11-6-13-23-16-18-10-5-14-25-18)22-12-7-15-24-17-8-3-2-4-9-17;/h2-5,8-10,14H,6-7,11-13,15-16H2,1H3,(H2,20,21,22);1H. The van der Waals surface area contributed by atoms with Crippen LogP contribution >= 0.6 is 24.0 Å². The lowest BCUT2D eigenvalue weighted by atomic mass is 10.3. The van der Waals surface area contributed by atoms with Crippen LogP contribution in [0.15, 0.2) is 58.1 Å². The van der Waals surface area contributed by atoms with E-state index in [1.165, 1.54) is 0 Å². The van der Waals surface area contributed by atoms with Gasteiger partial charge in [-0.2, -0.15) is 0 Å². The molecule has 0 fully saturated rings. The van der Waals surface area contributed by atoms with Crippen LogP contribution in [0.4, 0.5) is 0 Å². The van der Waals surface area contributed by atoms with Crippen molar-refractivity contribution in [2.24, 2.45) is 4.99 Å². The van der Waals surface area contributed by atoms with Crippen LogP contribution in [0.2, 0.25) is 0 Å². The first-order chi connectivity index (χ1) is 12.4. The van der Waals surface area contributed by atoms with Gasteiger partial charge in [-0.25, -0.2) is 0 Å². The molecule has 0 bridgehead atoms. The van der Waals surface area contributed by atoms with E-state index in [9.17, 15) is 0 Å². The molecule has 0 radical (unpaired) electrons. The number of hydrogen-bond acceptors (Lipinski definition) is 4. The van der Waals surface area contributed by atoms with Gasteiger partial charge in [-0.05, 0) is 37.1 Å². The average Bonchev–Trinajstić information content (AvgIpc) is 3.17. The van der Waals surface area contributed by atoms with E-state index in [-0.39, 0.29) is 24.0 Å². The summed E-state index contributed by atoms with van der Waals surface area (Å²) in [6, 6.07) is 13.6. The van der Waals surface area contributed by atoms with Crippen LogP contribution in [-0.2, 0) is 11.3 Å². The van der Waals surface area contributed by atoms with Crippen LogP contribution in [-0.4, -0.2) is 39.3 Å². The Morgan fingerprint density at radius 3 is 2.38 bits per heavy atom. The number of ether oxygens (including phenoxy) is 2. The third kappa shape index (κ3) is 9.67. The van der Waals surface area contributed by atoms with Gasteiger partial charge in [0.1, 0.15) is 18.1 Å². The fraction of sp³-hybridized carbons (Fsp3) is 0.421. The average molecular weight is 473 g/mol. The zero-order valence-electron chi connectivity index (χ0n) is 15.1. The van der Waals surface area contributed by atoms with Gasteiger partial charge in [-0.1, -0.05) is 18.2 Å². The van der Waals surface area contributed by atoms with Crippen molar-refractivity contribution < 1.29 is 13.9 Å². The smallest absolute Gasteiger partial charge is 0.190 e. The molecule has 1 aromatic heterocycles. The number of para-hydroxylation sites is 1. The van der Waals surface area contributed by atoms with Gasteiger partial charge in [-0.15, -0.1) is 24.0 Å². The fourth-order valence-electron chi connectivity index (χ4n) is 2.15. The third-order valence-electron chi connectivity index (χ3n) is 3.43. The second kappa shape index (κ2) is 14.4. The molecule has 144 valence electrons. The van der Waals surface area contributed by atoms with E-state index in [1.54, 1.807) is 13.3 Å². The van der Waals surface area contributed by atoms with Gasteiger partial charge in [0.2, 0.25) is 0 Å². The normalized spacial score (nSPS) is 10.9. The van der Waals surface area contributed by atoms with Crippen molar-refractivity contribution in [1.29, 1.82) is 0 Å². The van der Waals surface area contributed by atoms with Gasteiger partial charge in [-0.3, -0.25) is 4.99 Å². The lowest BCUT2D eigenvalue weighted by Gasteiger charge is -2.12. The Kier molecular flexibility index (Phi) is 12.4. The summed E-state index contributed by atoms with van der Waals surface area (Å²) in [5.41, 5.74) is 0. The molecule has 0 aliphatic carbocycles. The van der Waals surface area contributed by atoms with Gasteiger partial charge in [0, 0.05) is 26.7 Å². The van der Waals surface area contributed by atoms with E-state index in [0.717, 1.165) is 43.4 Å². The number of aliphatic imine (C=N–C) groups is 1. The molecule has 1 aromatic carbocycles. The summed E-state index contributed by atoms with van der Waals surface area (Å²) in [4.78, 5) is 4.20.